The Morgan fingerprint density at radius 3 is 2.57 bits per heavy atom. The second kappa shape index (κ2) is 9.55. The van der Waals surface area contributed by atoms with Crippen LogP contribution < -0.4 is 10.6 Å². The van der Waals surface area contributed by atoms with Crippen molar-refractivity contribution < 1.29 is 32.0 Å². The maximum Gasteiger partial charge on any atom is 0.338 e. The van der Waals surface area contributed by atoms with Crippen LogP contribution in [0.2, 0.25) is 0 Å². The van der Waals surface area contributed by atoms with Gasteiger partial charge in [-0.25, -0.2) is 18.0 Å². The molecule has 1 saturated heterocycles. The molecule has 0 atom stereocenters. The molecule has 0 saturated carbocycles. The van der Waals surface area contributed by atoms with Crippen LogP contribution in [0.3, 0.4) is 0 Å². The summed E-state index contributed by atoms with van der Waals surface area (Å²) >= 11 is 0. The first-order valence-electron chi connectivity index (χ1n) is 9.23. The van der Waals surface area contributed by atoms with Gasteiger partial charge in [0.15, 0.2) is 6.61 Å². The Morgan fingerprint density at radius 1 is 1.10 bits per heavy atom. The first kappa shape index (κ1) is 21.5. The van der Waals surface area contributed by atoms with Gasteiger partial charge in [-0.05, 0) is 43.2 Å². The zero-order valence-corrected chi connectivity index (χ0v) is 16.8. The Kier molecular flexibility index (Phi) is 6.85. The Hall–Kier alpha value is -3.18. The van der Waals surface area contributed by atoms with E-state index in [0.29, 0.717) is 18.8 Å². The molecule has 2 aromatic rings. The van der Waals surface area contributed by atoms with Gasteiger partial charge in [0.25, 0.3) is 5.91 Å². The van der Waals surface area contributed by atoms with Crippen LogP contribution in [0.4, 0.5) is 4.79 Å². The van der Waals surface area contributed by atoms with Crippen molar-refractivity contribution in [3.63, 3.8) is 0 Å². The van der Waals surface area contributed by atoms with Crippen LogP contribution >= 0.6 is 0 Å². The largest absolute Gasteiger partial charge is 0.467 e. The summed E-state index contributed by atoms with van der Waals surface area (Å²) in [6.45, 7) is 0.276. The number of urea groups is 1. The summed E-state index contributed by atoms with van der Waals surface area (Å²) in [7, 11) is -3.68. The SMILES string of the molecule is O=C(COC(=O)c1cccc(S(=O)(=O)N2CCCC2)c1)NC(=O)NCc1ccco1. The number of amides is 3. The minimum absolute atomic E-state index is 0.00894. The molecule has 10 nitrogen and oxygen atoms in total. The van der Waals surface area contributed by atoms with Gasteiger partial charge in [-0.1, -0.05) is 6.07 Å². The number of furan rings is 1. The summed E-state index contributed by atoms with van der Waals surface area (Å²) in [5.74, 6) is -1.20. The molecule has 2 heterocycles. The highest BCUT2D eigenvalue weighted by Gasteiger charge is 2.27. The Labute approximate surface area is 173 Å². The highest BCUT2D eigenvalue weighted by molar-refractivity contribution is 7.89. The summed E-state index contributed by atoms with van der Waals surface area (Å²) < 4.78 is 36.5. The number of sulfonamides is 1. The number of carbonyl (C=O) groups is 3. The summed E-state index contributed by atoms with van der Waals surface area (Å²) in [4.78, 5) is 35.6. The maximum atomic E-state index is 12.6. The van der Waals surface area contributed by atoms with E-state index in [4.69, 9.17) is 9.15 Å². The third-order valence-corrected chi connectivity index (χ3v) is 6.26. The van der Waals surface area contributed by atoms with Crippen molar-refractivity contribution in [2.24, 2.45) is 0 Å². The molecule has 30 heavy (non-hydrogen) atoms. The normalized spacial score (nSPS) is 14.3. The number of nitrogens with zero attached hydrogens (tertiary/aromatic N) is 1. The Balaban J connectivity index is 1.51. The molecule has 2 N–H and O–H groups in total. The first-order chi connectivity index (χ1) is 14.4. The zero-order valence-electron chi connectivity index (χ0n) is 16.0. The molecule has 1 aromatic carbocycles. The number of rotatable bonds is 7. The van der Waals surface area contributed by atoms with Crippen molar-refractivity contribution in [1.82, 2.24) is 14.9 Å². The van der Waals surface area contributed by atoms with Gasteiger partial charge < -0.3 is 14.5 Å². The molecule has 0 aliphatic carbocycles. The fourth-order valence-corrected chi connectivity index (χ4v) is 4.43. The van der Waals surface area contributed by atoms with Gasteiger partial charge >= 0.3 is 12.0 Å². The van der Waals surface area contributed by atoms with Gasteiger partial charge in [0, 0.05) is 13.1 Å². The van der Waals surface area contributed by atoms with Crippen LogP contribution in [-0.2, 0) is 26.1 Å². The quantitative estimate of drug-likeness (QED) is 0.625. The molecule has 160 valence electrons. The molecule has 1 aliphatic rings. The Bertz CT molecular complexity index is 1010. The lowest BCUT2D eigenvalue weighted by Crippen LogP contribution is -2.41. The van der Waals surface area contributed by atoms with Crippen LogP contribution in [0, 0.1) is 0 Å². The van der Waals surface area contributed by atoms with Gasteiger partial charge in [-0.3, -0.25) is 10.1 Å². The van der Waals surface area contributed by atoms with Crippen molar-refractivity contribution in [2.45, 2.75) is 24.3 Å². The summed E-state index contributed by atoms with van der Waals surface area (Å²) in [6.07, 6.45) is 3.04. The average molecular weight is 435 g/mol. The van der Waals surface area contributed by atoms with E-state index in [2.05, 4.69) is 5.32 Å². The molecular weight excluding hydrogens is 414 g/mol. The lowest BCUT2D eigenvalue weighted by molar-refractivity contribution is -0.123. The highest BCUT2D eigenvalue weighted by atomic mass is 32.2. The van der Waals surface area contributed by atoms with Crippen molar-refractivity contribution >= 4 is 27.9 Å². The zero-order chi connectivity index (χ0) is 21.6. The topological polar surface area (TPSA) is 135 Å². The predicted molar refractivity (Wildman–Crippen MR) is 104 cm³/mol. The van der Waals surface area contributed by atoms with E-state index >= 15 is 0 Å². The van der Waals surface area contributed by atoms with E-state index in [9.17, 15) is 22.8 Å². The average Bonchev–Trinajstić information content (AvgIpc) is 3.45. The smallest absolute Gasteiger partial charge is 0.338 e. The number of benzene rings is 1. The number of imide groups is 1. The number of carbonyl (C=O) groups excluding carboxylic acids is 3. The van der Waals surface area contributed by atoms with Crippen LogP contribution in [-0.4, -0.2) is 50.3 Å². The highest BCUT2D eigenvalue weighted by Crippen LogP contribution is 2.21. The van der Waals surface area contributed by atoms with E-state index in [0.717, 1.165) is 12.8 Å². The number of hydrogen-bond acceptors (Lipinski definition) is 7. The number of hydrogen-bond donors (Lipinski definition) is 2. The van der Waals surface area contributed by atoms with E-state index in [-0.39, 0.29) is 17.0 Å². The summed E-state index contributed by atoms with van der Waals surface area (Å²) in [5.41, 5.74) is -0.00894. The number of esters is 1. The monoisotopic (exact) mass is 435 g/mol. The minimum atomic E-state index is -3.68. The molecule has 0 bridgehead atoms. The molecule has 3 amide bonds. The van der Waals surface area contributed by atoms with Crippen LogP contribution in [0.1, 0.15) is 29.0 Å². The third-order valence-electron chi connectivity index (χ3n) is 4.36. The van der Waals surface area contributed by atoms with E-state index in [1.807, 2.05) is 5.32 Å². The molecule has 1 aromatic heterocycles. The van der Waals surface area contributed by atoms with Gasteiger partial charge in [0.2, 0.25) is 10.0 Å². The molecular formula is C19H21N3O7S. The Morgan fingerprint density at radius 2 is 1.87 bits per heavy atom. The van der Waals surface area contributed by atoms with E-state index < -0.39 is 34.5 Å². The van der Waals surface area contributed by atoms with Gasteiger partial charge in [0.1, 0.15) is 5.76 Å². The fraction of sp³-hybridized carbons (Fsp3) is 0.316. The minimum Gasteiger partial charge on any atom is -0.467 e. The molecule has 1 fully saturated rings. The maximum absolute atomic E-state index is 12.6. The molecule has 0 unspecified atom stereocenters. The molecule has 1 aliphatic heterocycles. The molecule has 3 rings (SSSR count). The van der Waals surface area contributed by atoms with E-state index in [1.165, 1.54) is 34.8 Å². The fourth-order valence-electron chi connectivity index (χ4n) is 2.86. The van der Waals surface area contributed by atoms with Crippen LogP contribution in [0.25, 0.3) is 0 Å². The summed E-state index contributed by atoms with van der Waals surface area (Å²) in [5, 5.41) is 4.42. The molecule has 0 radical (unpaired) electrons. The first-order valence-corrected chi connectivity index (χ1v) is 10.7. The van der Waals surface area contributed by atoms with Crippen LogP contribution in [0.15, 0.2) is 52.0 Å². The van der Waals surface area contributed by atoms with Gasteiger partial charge in [-0.2, -0.15) is 4.31 Å². The van der Waals surface area contributed by atoms with Crippen molar-refractivity contribution in [2.75, 3.05) is 19.7 Å². The summed E-state index contributed by atoms with van der Waals surface area (Å²) in [6, 6.07) is 7.98. The van der Waals surface area contributed by atoms with Crippen molar-refractivity contribution in [3.8, 4) is 0 Å². The lowest BCUT2D eigenvalue weighted by Gasteiger charge is -2.15. The number of nitrogens with one attached hydrogen (secondary N) is 2. The van der Waals surface area contributed by atoms with Crippen molar-refractivity contribution in [1.29, 1.82) is 0 Å². The van der Waals surface area contributed by atoms with E-state index in [1.54, 1.807) is 12.1 Å². The predicted octanol–water partition coefficient (Wildman–Crippen LogP) is 1.25. The number of ether oxygens (including phenoxy) is 1. The van der Waals surface area contributed by atoms with Crippen LogP contribution in [0.5, 0.6) is 0 Å². The van der Waals surface area contributed by atoms with Gasteiger partial charge in [0.05, 0.1) is 23.3 Å². The third kappa shape index (κ3) is 5.45. The van der Waals surface area contributed by atoms with Crippen molar-refractivity contribution in [3.05, 3.63) is 54.0 Å². The second-order valence-corrected chi connectivity index (χ2v) is 8.46. The lowest BCUT2D eigenvalue weighted by atomic mass is 10.2. The molecule has 11 heteroatoms. The molecule has 0 spiro atoms. The second-order valence-electron chi connectivity index (χ2n) is 6.53. The van der Waals surface area contributed by atoms with Gasteiger partial charge in [-0.15, -0.1) is 0 Å². The standard InChI is InChI=1S/C19H21N3O7S/c23-17(21-19(25)20-12-15-6-4-10-28-15)13-29-18(24)14-5-3-7-16(11-14)30(26,27)22-8-1-2-9-22/h3-7,10-11H,1-2,8-9,12-13H2,(H2,20,21,23,25).